The Labute approximate surface area is 179 Å². The number of anilines is 1. The number of rotatable bonds is 9. The Morgan fingerprint density at radius 2 is 2.06 bits per heavy atom. The molecule has 3 aromatic rings. The van der Waals surface area contributed by atoms with Crippen molar-refractivity contribution >= 4 is 17.5 Å². The zero-order chi connectivity index (χ0) is 21.8. The first-order valence-corrected chi connectivity index (χ1v) is 10.2. The van der Waals surface area contributed by atoms with Gasteiger partial charge >= 0.3 is 0 Å². The summed E-state index contributed by atoms with van der Waals surface area (Å²) in [7, 11) is 0. The third-order valence-corrected chi connectivity index (χ3v) is 4.86. The minimum Gasteiger partial charge on any atom is -0.484 e. The molecule has 1 aliphatic carbocycles. The molecule has 0 saturated heterocycles. The second kappa shape index (κ2) is 9.03. The predicted octanol–water partition coefficient (Wildman–Crippen LogP) is 3.68. The monoisotopic (exact) mass is 424 g/mol. The van der Waals surface area contributed by atoms with Crippen LogP contribution in [-0.2, 0) is 4.79 Å². The number of aromatic nitrogens is 2. The lowest BCUT2D eigenvalue weighted by Gasteiger charge is -2.18. The molecule has 9 nitrogen and oxygen atoms in total. The molecule has 2 aromatic heterocycles. The molecule has 2 heterocycles. The number of benzene rings is 1. The van der Waals surface area contributed by atoms with Crippen LogP contribution in [0.15, 0.2) is 51.6 Å². The standard InChI is InChI=1S/C22H24N4O5/c1-13(2)19(22-25-20(26-31-22)14-8-9-14)24-18(27)12-30-16-6-3-5-15(11-16)23-21(28)17-7-4-10-29-17/h3-7,10-11,13-14,19H,8-9,12H2,1-2H3,(H,23,28)(H,24,27). The largest absolute Gasteiger partial charge is 0.484 e. The van der Waals surface area contributed by atoms with Gasteiger partial charge in [-0.2, -0.15) is 4.98 Å². The van der Waals surface area contributed by atoms with E-state index < -0.39 is 6.04 Å². The van der Waals surface area contributed by atoms with Gasteiger partial charge in [0, 0.05) is 17.7 Å². The second-order valence-corrected chi connectivity index (χ2v) is 7.80. The number of ether oxygens (including phenoxy) is 1. The van der Waals surface area contributed by atoms with E-state index in [1.807, 2.05) is 13.8 Å². The van der Waals surface area contributed by atoms with E-state index in [9.17, 15) is 9.59 Å². The fourth-order valence-corrected chi connectivity index (χ4v) is 3.02. The molecule has 2 amide bonds. The fraction of sp³-hybridized carbons (Fsp3) is 0.364. The third kappa shape index (κ3) is 5.30. The number of hydrogen-bond donors (Lipinski definition) is 2. The maximum absolute atomic E-state index is 12.5. The molecular weight excluding hydrogens is 400 g/mol. The number of amides is 2. The maximum Gasteiger partial charge on any atom is 0.291 e. The lowest BCUT2D eigenvalue weighted by Crippen LogP contribution is -2.35. The molecule has 0 aliphatic heterocycles. The van der Waals surface area contributed by atoms with Crippen LogP contribution in [0.25, 0.3) is 0 Å². The van der Waals surface area contributed by atoms with Crippen LogP contribution in [0, 0.1) is 5.92 Å². The van der Waals surface area contributed by atoms with Crippen LogP contribution in [-0.4, -0.2) is 28.6 Å². The quantitative estimate of drug-likeness (QED) is 0.538. The van der Waals surface area contributed by atoms with Crippen molar-refractivity contribution in [3.8, 4) is 5.75 Å². The number of nitrogens with one attached hydrogen (secondary N) is 2. The van der Waals surface area contributed by atoms with E-state index in [-0.39, 0.29) is 30.1 Å². The van der Waals surface area contributed by atoms with E-state index in [0.29, 0.717) is 29.1 Å². The first-order valence-electron chi connectivity index (χ1n) is 10.2. The maximum atomic E-state index is 12.5. The van der Waals surface area contributed by atoms with Crippen molar-refractivity contribution in [2.24, 2.45) is 5.92 Å². The number of carbonyl (C=O) groups excluding carboxylic acids is 2. The Balaban J connectivity index is 1.32. The first kappa shape index (κ1) is 20.6. The van der Waals surface area contributed by atoms with Gasteiger partial charge in [0.1, 0.15) is 11.8 Å². The van der Waals surface area contributed by atoms with E-state index in [0.717, 1.165) is 12.8 Å². The molecule has 31 heavy (non-hydrogen) atoms. The molecule has 0 spiro atoms. The molecule has 1 unspecified atom stereocenters. The number of furan rings is 1. The van der Waals surface area contributed by atoms with E-state index in [4.69, 9.17) is 13.7 Å². The molecule has 162 valence electrons. The predicted molar refractivity (Wildman–Crippen MR) is 111 cm³/mol. The molecule has 2 N–H and O–H groups in total. The summed E-state index contributed by atoms with van der Waals surface area (Å²) in [6.45, 7) is 3.75. The molecule has 1 atom stereocenters. The van der Waals surface area contributed by atoms with Crippen molar-refractivity contribution in [2.45, 2.75) is 38.6 Å². The number of nitrogens with zero attached hydrogens (tertiary/aromatic N) is 2. The van der Waals surface area contributed by atoms with Crippen LogP contribution in [0.3, 0.4) is 0 Å². The van der Waals surface area contributed by atoms with Crippen LogP contribution in [0.2, 0.25) is 0 Å². The van der Waals surface area contributed by atoms with E-state index in [2.05, 4.69) is 20.8 Å². The minimum atomic E-state index is -0.394. The average molecular weight is 424 g/mol. The normalized spacial score (nSPS) is 14.3. The van der Waals surface area contributed by atoms with Gasteiger partial charge in [-0.25, -0.2) is 0 Å². The van der Waals surface area contributed by atoms with Gasteiger partial charge in [0.25, 0.3) is 11.8 Å². The van der Waals surface area contributed by atoms with E-state index >= 15 is 0 Å². The van der Waals surface area contributed by atoms with Crippen LogP contribution >= 0.6 is 0 Å². The summed E-state index contributed by atoms with van der Waals surface area (Å²) in [5.74, 6) is 1.53. The van der Waals surface area contributed by atoms with Gasteiger partial charge in [-0.15, -0.1) is 0 Å². The Kier molecular flexibility index (Phi) is 6.01. The first-order chi connectivity index (χ1) is 15.0. The SMILES string of the molecule is CC(C)C(NC(=O)COc1cccc(NC(=O)c2ccco2)c1)c1nc(C2CC2)no1. The molecule has 1 aromatic carbocycles. The molecule has 1 saturated carbocycles. The molecule has 0 bridgehead atoms. The highest BCUT2D eigenvalue weighted by Gasteiger charge is 2.31. The van der Waals surface area contributed by atoms with Gasteiger partial charge in [-0.1, -0.05) is 25.1 Å². The van der Waals surface area contributed by atoms with Crippen molar-refractivity contribution in [3.05, 3.63) is 60.1 Å². The molecule has 0 radical (unpaired) electrons. The summed E-state index contributed by atoms with van der Waals surface area (Å²) in [5.41, 5.74) is 0.526. The van der Waals surface area contributed by atoms with Crippen molar-refractivity contribution in [1.82, 2.24) is 15.5 Å². The lowest BCUT2D eigenvalue weighted by atomic mass is 10.0. The number of carbonyl (C=O) groups is 2. The minimum absolute atomic E-state index is 0.0663. The van der Waals surface area contributed by atoms with Crippen LogP contribution in [0.4, 0.5) is 5.69 Å². The summed E-state index contributed by atoms with van der Waals surface area (Å²) in [5, 5.41) is 9.64. The summed E-state index contributed by atoms with van der Waals surface area (Å²) >= 11 is 0. The highest BCUT2D eigenvalue weighted by atomic mass is 16.5. The Hall–Kier alpha value is -3.62. The van der Waals surface area contributed by atoms with Gasteiger partial charge in [-0.3, -0.25) is 9.59 Å². The van der Waals surface area contributed by atoms with Gasteiger partial charge in [-0.05, 0) is 43.0 Å². The van der Waals surface area contributed by atoms with E-state index in [1.165, 1.54) is 6.26 Å². The topological polar surface area (TPSA) is 119 Å². The zero-order valence-corrected chi connectivity index (χ0v) is 17.3. The Morgan fingerprint density at radius 3 is 2.77 bits per heavy atom. The van der Waals surface area contributed by atoms with Gasteiger partial charge in [0.2, 0.25) is 5.89 Å². The van der Waals surface area contributed by atoms with Crippen molar-refractivity contribution in [1.29, 1.82) is 0 Å². The van der Waals surface area contributed by atoms with Crippen molar-refractivity contribution in [2.75, 3.05) is 11.9 Å². The van der Waals surface area contributed by atoms with Crippen molar-refractivity contribution in [3.63, 3.8) is 0 Å². The average Bonchev–Trinajstić information content (AvgIpc) is 3.25. The molecule has 9 heteroatoms. The summed E-state index contributed by atoms with van der Waals surface area (Å²) in [6, 6.07) is 9.59. The summed E-state index contributed by atoms with van der Waals surface area (Å²) in [6.07, 6.45) is 3.58. The lowest BCUT2D eigenvalue weighted by molar-refractivity contribution is -0.124. The highest BCUT2D eigenvalue weighted by Crippen LogP contribution is 2.38. The van der Waals surface area contributed by atoms with Crippen LogP contribution in [0.5, 0.6) is 5.75 Å². The molecular formula is C22H24N4O5. The summed E-state index contributed by atoms with van der Waals surface area (Å²) in [4.78, 5) is 29.0. The van der Waals surface area contributed by atoms with Gasteiger partial charge < -0.3 is 24.3 Å². The Bertz CT molecular complexity index is 1040. The van der Waals surface area contributed by atoms with Gasteiger partial charge in [0.05, 0.1) is 6.26 Å². The zero-order valence-electron chi connectivity index (χ0n) is 17.3. The summed E-state index contributed by atoms with van der Waals surface area (Å²) < 4.78 is 16.0. The molecule has 4 rings (SSSR count). The fourth-order valence-electron chi connectivity index (χ4n) is 3.02. The second-order valence-electron chi connectivity index (χ2n) is 7.80. The van der Waals surface area contributed by atoms with E-state index in [1.54, 1.807) is 36.4 Å². The van der Waals surface area contributed by atoms with Gasteiger partial charge in [0.15, 0.2) is 18.2 Å². The highest BCUT2D eigenvalue weighted by molar-refractivity contribution is 6.02. The molecule has 1 fully saturated rings. The Morgan fingerprint density at radius 1 is 1.23 bits per heavy atom. The molecule has 1 aliphatic rings. The number of hydrogen-bond acceptors (Lipinski definition) is 7. The van der Waals surface area contributed by atoms with Crippen molar-refractivity contribution < 1.29 is 23.3 Å². The third-order valence-electron chi connectivity index (χ3n) is 4.86. The smallest absolute Gasteiger partial charge is 0.291 e. The van der Waals surface area contributed by atoms with Crippen LogP contribution in [0.1, 0.15) is 60.9 Å². The van der Waals surface area contributed by atoms with Crippen LogP contribution < -0.4 is 15.4 Å².